The van der Waals surface area contributed by atoms with E-state index < -0.39 is 49.1 Å². The van der Waals surface area contributed by atoms with Crippen LogP contribution in [0, 0.1) is 12.3 Å². The fourth-order valence-electron chi connectivity index (χ4n) is 4.51. The van der Waals surface area contributed by atoms with Gasteiger partial charge in [-0.3, -0.25) is 4.79 Å². The van der Waals surface area contributed by atoms with Gasteiger partial charge in [0.1, 0.15) is 55.5 Å². The summed E-state index contributed by atoms with van der Waals surface area (Å²) in [5, 5.41) is 48.9. The molecule has 1 aliphatic heterocycles. The van der Waals surface area contributed by atoms with Crippen LogP contribution in [0.3, 0.4) is 0 Å². The SMILES string of the molecule is C#CCOCCOc1ccc(Cc2cc([C@@H]3O[C@H](CO)[C@@H](O)[C@H](O)[C@H]3O)ccc2Cl)cc1.N[C@@H](Cc1ccccc1)C(=O)O. The number of aliphatic hydroxyl groups excluding tert-OH is 4. The summed E-state index contributed by atoms with van der Waals surface area (Å²) in [5.74, 6) is 2.14. The average Bonchev–Trinajstić information content (AvgIpc) is 3.03. The molecule has 7 N–H and O–H groups in total. The third kappa shape index (κ3) is 10.3. The number of nitrogens with two attached hydrogens (primary N) is 1. The molecule has 236 valence electrons. The van der Waals surface area contributed by atoms with Gasteiger partial charge in [0.2, 0.25) is 0 Å². The Morgan fingerprint density at radius 1 is 0.977 bits per heavy atom. The van der Waals surface area contributed by atoms with Gasteiger partial charge in [-0.05, 0) is 53.3 Å². The number of aliphatic hydroxyl groups is 4. The number of terminal acetylenes is 1. The molecule has 3 aromatic rings. The molecule has 1 saturated heterocycles. The lowest BCUT2D eigenvalue weighted by Crippen LogP contribution is -2.55. The third-order valence-electron chi connectivity index (χ3n) is 6.91. The van der Waals surface area contributed by atoms with Crippen LogP contribution in [0.1, 0.15) is 28.4 Å². The maximum Gasteiger partial charge on any atom is 0.320 e. The van der Waals surface area contributed by atoms with Gasteiger partial charge in [-0.15, -0.1) is 6.42 Å². The van der Waals surface area contributed by atoms with Crippen molar-refractivity contribution in [2.75, 3.05) is 26.4 Å². The third-order valence-corrected chi connectivity index (χ3v) is 7.27. The summed E-state index contributed by atoms with van der Waals surface area (Å²) < 4.78 is 16.4. The number of carbonyl (C=O) groups is 1. The maximum absolute atomic E-state index is 10.4. The number of hydrogen-bond donors (Lipinski definition) is 6. The lowest BCUT2D eigenvalue weighted by Gasteiger charge is -2.40. The molecule has 0 amide bonds. The largest absolute Gasteiger partial charge is 0.491 e. The van der Waals surface area contributed by atoms with E-state index in [1.807, 2.05) is 54.6 Å². The Labute approximate surface area is 261 Å². The normalized spacial score (nSPS) is 21.8. The summed E-state index contributed by atoms with van der Waals surface area (Å²) >= 11 is 6.39. The van der Waals surface area contributed by atoms with E-state index in [2.05, 4.69) is 5.92 Å². The minimum Gasteiger partial charge on any atom is -0.491 e. The van der Waals surface area contributed by atoms with E-state index in [4.69, 9.17) is 43.1 Å². The van der Waals surface area contributed by atoms with Crippen LogP contribution in [0.15, 0.2) is 72.8 Å². The van der Waals surface area contributed by atoms with Crippen LogP contribution in [0.25, 0.3) is 0 Å². The van der Waals surface area contributed by atoms with Gasteiger partial charge in [0.15, 0.2) is 0 Å². The highest BCUT2D eigenvalue weighted by atomic mass is 35.5. The quantitative estimate of drug-likeness (QED) is 0.129. The molecular formula is C33H38ClNO9. The van der Waals surface area contributed by atoms with E-state index in [1.54, 1.807) is 18.2 Å². The van der Waals surface area contributed by atoms with Crippen molar-refractivity contribution in [1.29, 1.82) is 0 Å². The Morgan fingerprint density at radius 2 is 1.68 bits per heavy atom. The van der Waals surface area contributed by atoms with Gasteiger partial charge < -0.3 is 45.5 Å². The lowest BCUT2D eigenvalue weighted by molar-refractivity contribution is -0.231. The fourth-order valence-corrected chi connectivity index (χ4v) is 4.70. The van der Waals surface area contributed by atoms with Crippen LogP contribution in [0.2, 0.25) is 5.02 Å². The summed E-state index contributed by atoms with van der Waals surface area (Å²) in [4.78, 5) is 10.4. The van der Waals surface area contributed by atoms with E-state index in [1.165, 1.54) is 0 Å². The van der Waals surface area contributed by atoms with E-state index in [0.717, 1.165) is 16.7 Å². The summed E-state index contributed by atoms with van der Waals surface area (Å²) in [6, 6.07) is 21.3. The molecule has 11 heteroatoms. The van der Waals surface area contributed by atoms with Crippen molar-refractivity contribution in [3.05, 3.63) is 100 Å². The molecule has 6 atom stereocenters. The first-order valence-electron chi connectivity index (χ1n) is 14.0. The number of aliphatic carboxylic acids is 1. The summed E-state index contributed by atoms with van der Waals surface area (Å²) in [6.07, 6.45) is -0.0315. The minimum atomic E-state index is -1.44. The molecule has 0 aliphatic carbocycles. The molecule has 0 radical (unpaired) electrons. The first-order chi connectivity index (χ1) is 21.1. The highest BCUT2D eigenvalue weighted by Crippen LogP contribution is 2.34. The molecule has 0 saturated carbocycles. The van der Waals surface area contributed by atoms with Crippen LogP contribution >= 0.6 is 11.6 Å². The highest BCUT2D eigenvalue weighted by Gasteiger charge is 2.44. The predicted octanol–water partition coefficient (Wildman–Crippen LogP) is 2.12. The van der Waals surface area contributed by atoms with Crippen LogP contribution in [0.5, 0.6) is 5.75 Å². The van der Waals surface area contributed by atoms with Crippen molar-refractivity contribution < 1.29 is 44.5 Å². The first kappa shape index (κ1) is 35.0. The number of hydrogen-bond acceptors (Lipinski definition) is 9. The molecule has 0 aromatic heterocycles. The van der Waals surface area contributed by atoms with E-state index in [-0.39, 0.29) is 6.61 Å². The molecule has 44 heavy (non-hydrogen) atoms. The number of carboxylic acids is 1. The molecule has 0 unspecified atom stereocenters. The van der Waals surface area contributed by atoms with Gasteiger partial charge in [0, 0.05) is 5.02 Å². The van der Waals surface area contributed by atoms with Crippen molar-refractivity contribution in [2.24, 2.45) is 5.73 Å². The van der Waals surface area contributed by atoms with Crippen LogP contribution in [-0.2, 0) is 27.1 Å². The Hall–Kier alpha value is -3.50. The van der Waals surface area contributed by atoms with Crippen LogP contribution in [0.4, 0.5) is 0 Å². The zero-order valence-electron chi connectivity index (χ0n) is 24.0. The fraction of sp³-hybridized carbons (Fsp3) is 0.364. The zero-order chi connectivity index (χ0) is 32.1. The second-order valence-corrected chi connectivity index (χ2v) is 10.6. The second-order valence-electron chi connectivity index (χ2n) is 10.2. The standard InChI is InChI=1S/C24H27ClO7.C9H11NO2/c1-2-9-30-10-11-31-18-6-3-15(4-7-18)12-17-13-16(5-8-19(17)25)24-23(29)22(28)21(27)20(14-26)32-24;10-8(9(11)12)6-7-4-2-1-3-5-7/h1,3-8,13,20-24,26-29H,9-12,14H2;1-5,8H,6,10H2,(H,11,12)/t20-,21-,22+,23-,24+;8-/m10/s1. The van der Waals surface area contributed by atoms with Crippen LogP contribution in [-0.4, -0.2) is 88.4 Å². The van der Waals surface area contributed by atoms with E-state index in [0.29, 0.717) is 42.4 Å². The van der Waals surface area contributed by atoms with Crippen molar-refractivity contribution in [3.63, 3.8) is 0 Å². The number of benzene rings is 3. The van der Waals surface area contributed by atoms with E-state index in [9.17, 15) is 25.2 Å². The van der Waals surface area contributed by atoms with Crippen molar-refractivity contribution in [3.8, 4) is 18.1 Å². The van der Waals surface area contributed by atoms with Gasteiger partial charge in [0.25, 0.3) is 0 Å². The molecule has 3 aromatic carbocycles. The second kappa shape index (κ2) is 17.7. The molecule has 0 bridgehead atoms. The average molecular weight is 628 g/mol. The molecule has 0 spiro atoms. The van der Waals surface area contributed by atoms with Gasteiger partial charge in [-0.25, -0.2) is 0 Å². The van der Waals surface area contributed by atoms with Crippen molar-refractivity contribution in [2.45, 2.75) is 49.4 Å². The van der Waals surface area contributed by atoms with Gasteiger partial charge in [0.05, 0.1) is 13.2 Å². The number of rotatable bonds is 12. The number of halogens is 1. The number of ether oxygens (including phenoxy) is 3. The maximum atomic E-state index is 10.4. The van der Waals surface area contributed by atoms with Gasteiger partial charge in [-0.2, -0.15) is 0 Å². The van der Waals surface area contributed by atoms with Gasteiger partial charge >= 0.3 is 5.97 Å². The number of carboxylic acid groups (broad SMARTS) is 1. The van der Waals surface area contributed by atoms with Crippen LogP contribution < -0.4 is 10.5 Å². The molecule has 4 rings (SSSR count). The Balaban J connectivity index is 0.000000369. The molecule has 1 aliphatic rings. The zero-order valence-corrected chi connectivity index (χ0v) is 24.8. The summed E-state index contributed by atoms with van der Waals surface area (Å²) in [7, 11) is 0. The summed E-state index contributed by atoms with van der Waals surface area (Å²) in [6.45, 7) is 0.581. The molecule has 10 nitrogen and oxygen atoms in total. The van der Waals surface area contributed by atoms with Gasteiger partial charge in [-0.1, -0.05) is 72.1 Å². The Kier molecular flexibility index (Phi) is 14.1. The molecule has 1 heterocycles. The van der Waals surface area contributed by atoms with E-state index >= 15 is 0 Å². The Bertz CT molecular complexity index is 1350. The monoisotopic (exact) mass is 627 g/mol. The smallest absolute Gasteiger partial charge is 0.320 e. The Morgan fingerprint density at radius 3 is 2.32 bits per heavy atom. The molecular weight excluding hydrogens is 590 g/mol. The summed E-state index contributed by atoms with van der Waals surface area (Å²) in [5.41, 5.74) is 8.69. The molecule has 1 fully saturated rings. The minimum absolute atomic E-state index is 0.255. The first-order valence-corrected chi connectivity index (χ1v) is 14.4. The highest BCUT2D eigenvalue weighted by molar-refractivity contribution is 6.31. The van der Waals surface area contributed by atoms with Crippen molar-refractivity contribution >= 4 is 17.6 Å². The van der Waals surface area contributed by atoms with Crippen molar-refractivity contribution in [1.82, 2.24) is 0 Å². The predicted molar refractivity (Wildman–Crippen MR) is 164 cm³/mol. The topological polar surface area (TPSA) is 172 Å². The lowest BCUT2D eigenvalue weighted by atomic mass is 9.90.